The van der Waals surface area contributed by atoms with E-state index in [4.69, 9.17) is 28.3 Å². The van der Waals surface area contributed by atoms with Gasteiger partial charge in [-0.15, -0.1) is 22.7 Å². The van der Waals surface area contributed by atoms with Gasteiger partial charge >= 0.3 is 5.97 Å². The van der Waals surface area contributed by atoms with Crippen LogP contribution in [0.25, 0.3) is 0 Å². The first kappa shape index (κ1) is 16.1. The molecule has 2 N–H and O–H groups in total. The molecule has 0 radical (unpaired) electrons. The van der Waals surface area contributed by atoms with Gasteiger partial charge in [0.2, 0.25) is 0 Å². The fraction of sp³-hybridized carbons (Fsp3) is 0. The maximum absolute atomic E-state index is 11.6. The number of thiophene rings is 1. The van der Waals surface area contributed by atoms with Crippen molar-refractivity contribution in [3.05, 3.63) is 24.3 Å². The van der Waals surface area contributed by atoms with Gasteiger partial charge in [0, 0.05) is 0 Å². The number of hydrogen-bond acceptors (Lipinski definition) is 5. The molecule has 0 saturated heterocycles. The molecule has 2 rings (SSSR count). The summed E-state index contributed by atoms with van der Waals surface area (Å²) in [6.45, 7) is 0. The molecule has 2 aromatic rings. The van der Waals surface area contributed by atoms with E-state index in [1.165, 1.54) is 5.51 Å². The fourth-order valence-corrected chi connectivity index (χ4v) is 5.46. The van der Waals surface area contributed by atoms with E-state index in [1.807, 2.05) is 0 Å². The summed E-state index contributed by atoms with van der Waals surface area (Å²) >= 11 is 14.4. The maximum Gasteiger partial charge on any atom is 0.357 e. The van der Waals surface area contributed by atoms with Crippen LogP contribution in [0, 0.1) is 0 Å². The number of rotatable bonds is 4. The SMILES string of the molecule is O=C(O)c1ncsc1N(c1c(Cl)sc(Cl)c1Br)S(=O)O. The molecule has 0 saturated carbocycles. The van der Waals surface area contributed by atoms with Crippen LogP contribution in [0.2, 0.25) is 8.67 Å². The summed E-state index contributed by atoms with van der Waals surface area (Å²) in [6, 6.07) is 0. The zero-order valence-electron chi connectivity index (χ0n) is 9.04. The second kappa shape index (κ2) is 6.26. The van der Waals surface area contributed by atoms with Crippen LogP contribution in [-0.2, 0) is 11.3 Å². The number of thiazole rings is 1. The predicted octanol–water partition coefficient (Wildman–Crippen LogP) is 4.25. The highest BCUT2D eigenvalue weighted by Crippen LogP contribution is 2.49. The normalized spacial score (nSPS) is 12.4. The van der Waals surface area contributed by atoms with Gasteiger partial charge in [0.1, 0.15) is 19.4 Å². The maximum atomic E-state index is 11.6. The van der Waals surface area contributed by atoms with E-state index >= 15 is 0 Å². The Morgan fingerprint density at radius 1 is 1.45 bits per heavy atom. The number of carboxylic acids is 1. The number of carboxylic acid groups (broad SMARTS) is 1. The highest BCUT2D eigenvalue weighted by molar-refractivity contribution is 9.10. The van der Waals surface area contributed by atoms with Crippen molar-refractivity contribution in [1.82, 2.24) is 4.98 Å². The Hall–Kier alpha value is -0.230. The fourth-order valence-electron chi connectivity index (χ4n) is 1.30. The Balaban J connectivity index is 2.66. The van der Waals surface area contributed by atoms with Crippen molar-refractivity contribution in [2.75, 3.05) is 4.31 Å². The van der Waals surface area contributed by atoms with Gasteiger partial charge < -0.3 is 5.11 Å². The third kappa shape index (κ3) is 2.86. The number of carbonyl (C=O) groups is 1. The van der Waals surface area contributed by atoms with Gasteiger partial charge in [-0.2, -0.15) is 0 Å². The summed E-state index contributed by atoms with van der Waals surface area (Å²) in [5.41, 5.74) is 1.03. The van der Waals surface area contributed by atoms with Gasteiger partial charge in [-0.05, 0) is 15.9 Å². The molecule has 0 amide bonds. The average Bonchev–Trinajstić information content (AvgIpc) is 2.90. The van der Waals surface area contributed by atoms with Crippen LogP contribution in [0.15, 0.2) is 9.98 Å². The van der Waals surface area contributed by atoms with Crippen molar-refractivity contribution in [2.45, 2.75) is 0 Å². The molecular weight excluding hydrogens is 435 g/mol. The van der Waals surface area contributed by atoms with Crippen LogP contribution in [0.4, 0.5) is 10.7 Å². The van der Waals surface area contributed by atoms with Gasteiger partial charge in [-0.3, -0.25) is 4.55 Å². The van der Waals surface area contributed by atoms with Crippen molar-refractivity contribution in [3.63, 3.8) is 0 Å². The molecule has 2 aromatic heterocycles. The standard InChI is InChI=1S/C8H3BrCl2N2O4S3/c9-2-4(6(11)19-5(2)10)13(20(16)17)7-3(8(14)15)12-1-18-7/h1H,(H,14,15)(H,16,17). The minimum atomic E-state index is -2.54. The third-order valence-electron chi connectivity index (χ3n) is 2.04. The first-order valence-corrected chi connectivity index (χ1v) is 8.86. The molecule has 0 spiro atoms. The van der Waals surface area contributed by atoms with Crippen LogP contribution in [0.5, 0.6) is 0 Å². The highest BCUT2D eigenvalue weighted by Gasteiger charge is 2.30. The summed E-state index contributed by atoms with van der Waals surface area (Å²) in [7, 11) is 0. The molecule has 0 aliphatic rings. The summed E-state index contributed by atoms with van der Waals surface area (Å²) < 4.78 is 22.7. The number of aromatic nitrogens is 1. The van der Waals surface area contributed by atoms with E-state index in [0.717, 1.165) is 27.0 Å². The van der Waals surface area contributed by atoms with Gasteiger partial charge in [0.25, 0.3) is 11.3 Å². The molecular formula is C8H3BrCl2N2O4S3. The van der Waals surface area contributed by atoms with E-state index < -0.39 is 17.2 Å². The Morgan fingerprint density at radius 3 is 2.55 bits per heavy atom. The monoisotopic (exact) mass is 436 g/mol. The van der Waals surface area contributed by atoms with Crippen molar-refractivity contribution < 1.29 is 18.7 Å². The molecule has 6 nitrogen and oxygen atoms in total. The van der Waals surface area contributed by atoms with Crippen LogP contribution in [-0.4, -0.2) is 24.8 Å². The Morgan fingerprint density at radius 2 is 2.10 bits per heavy atom. The van der Waals surface area contributed by atoms with Crippen molar-refractivity contribution in [1.29, 1.82) is 0 Å². The summed E-state index contributed by atoms with van der Waals surface area (Å²) in [4.78, 5) is 14.7. The minimum absolute atomic E-state index is 0.0181. The van der Waals surface area contributed by atoms with Crippen molar-refractivity contribution in [3.8, 4) is 0 Å². The number of nitrogens with zero attached hydrogens (tertiary/aromatic N) is 2. The largest absolute Gasteiger partial charge is 0.476 e. The number of anilines is 2. The summed E-state index contributed by atoms with van der Waals surface area (Å²) in [5, 5.41) is 9.03. The van der Waals surface area contributed by atoms with E-state index in [0.29, 0.717) is 4.47 Å². The zero-order chi connectivity index (χ0) is 15.0. The van der Waals surface area contributed by atoms with Crippen LogP contribution >= 0.6 is 61.8 Å². The number of aromatic carboxylic acids is 1. The number of halogens is 3. The highest BCUT2D eigenvalue weighted by atomic mass is 79.9. The Kier molecular flexibility index (Phi) is 5.05. The minimum Gasteiger partial charge on any atom is -0.476 e. The molecule has 1 unspecified atom stereocenters. The van der Waals surface area contributed by atoms with E-state index in [2.05, 4.69) is 20.9 Å². The predicted molar refractivity (Wildman–Crippen MR) is 84.0 cm³/mol. The first-order chi connectivity index (χ1) is 9.34. The molecule has 0 aromatic carbocycles. The Bertz CT molecular complexity index is 704. The van der Waals surface area contributed by atoms with Crippen LogP contribution in [0.1, 0.15) is 10.5 Å². The van der Waals surface area contributed by atoms with Gasteiger partial charge in [-0.25, -0.2) is 18.3 Å². The van der Waals surface area contributed by atoms with Gasteiger partial charge in [-0.1, -0.05) is 23.2 Å². The zero-order valence-corrected chi connectivity index (χ0v) is 14.6. The van der Waals surface area contributed by atoms with Crippen molar-refractivity contribution >= 4 is 89.7 Å². The molecule has 2 heterocycles. The Labute approximate surface area is 141 Å². The number of hydrogen-bond donors (Lipinski definition) is 2. The second-order valence-electron chi connectivity index (χ2n) is 3.15. The van der Waals surface area contributed by atoms with E-state index in [9.17, 15) is 13.6 Å². The lowest BCUT2D eigenvalue weighted by Crippen LogP contribution is -2.20. The quantitative estimate of drug-likeness (QED) is 0.697. The average molecular weight is 438 g/mol. The molecule has 0 aliphatic heterocycles. The second-order valence-corrected chi connectivity index (χ2v) is 7.83. The summed E-state index contributed by atoms with van der Waals surface area (Å²) in [5.74, 6) is -1.31. The lowest BCUT2D eigenvalue weighted by Gasteiger charge is -2.18. The lowest BCUT2D eigenvalue weighted by molar-refractivity contribution is 0.0692. The van der Waals surface area contributed by atoms with Crippen LogP contribution < -0.4 is 4.31 Å². The molecule has 108 valence electrons. The molecule has 20 heavy (non-hydrogen) atoms. The van der Waals surface area contributed by atoms with Gasteiger partial charge in [0.15, 0.2) is 5.69 Å². The molecule has 0 fully saturated rings. The molecule has 0 bridgehead atoms. The molecule has 1 atom stereocenters. The molecule has 0 aliphatic carbocycles. The smallest absolute Gasteiger partial charge is 0.357 e. The lowest BCUT2D eigenvalue weighted by atomic mass is 10.4. The van der Waals surface area contributed by atoms with E-state index in [1.54, 1.807) is 0 Å². The summed E-state index contributed by atoms with van der Waals surface area (Å²) in [6.07, 6.45) is 0. The first-order valence-electron chi connectivity index (χ1n) is 4.55. The van der Waals surface area contributed by atoms with Gasteiger partial charge in [0.05, 0.1) is 9.98 Å². The van der Waals surface area contributed by atoms with Crippen molar-refractivity contribution in [2.24, 2.45) is 0 Å². The van der Waals surface area contributed by atoms with E-state index in [-0.39, 0.29) is 25.1 Å². The topological polar surface area (TPSA) is 90.7 Å². The van der Waals surface area contributed by atoms with Crippen LogP contribution in [0.3, 0.4) is 0 Å². The molecule has 12 heteroatoms. The third-order valence-corrected chi connectivity index (χ3v) is 6.49.